The number of halogens is 1. The van der Waals surface area contributed by atoms with Gasteiger partial charge in [0.1, 0.15) is 5.82 Å². The maximum Gasteiger partial charge on any atom is 0.123 e. The predicted molar refractivity (Wildman–Crippen MR) is 77.8 cm³/mol. The average Bonchev–Trinajstić information content (AvgIpc) is 3.02. The van der Waals surface area contributed by atoms with Crippen molar-refractivity contribution in [1.29, 1.82) is 0 Å². The van der Waals surface area contributed by atoms with Crippen LogP contribution in [0.15, 0.2) is 24.3 Å². The van der Waals surface area contributed by atoms with Crippen molar-refractivity contribution in [3.8, 4) is 0 Å². The first-order chi connectivity index (χ1) is 9.67. The number of benzene rings is 1. The van der Waals surface area contributed by atoms with Gasteiger partial charge in [0.05, 0.1) is 6.10 Å². The lowest BCUT2D eigenvalue weighted by Gasteiger charge is -2.28. The number of hydrogen-bond acceptors (Lipinski definition) is 2. The SMILES string of the molecule is NCC(c1cccc(F)c1)C(O)CC1CC2CCC1C2. The highest BCUT2D eigenvalue weighted by Gasteiger charge is 2.40. The fraction of sp³-hybridized carbons (Fsp3) is 0.647. The molecule has 3 rings (SSSR count). The molecule has 110 valence electrons. The molecule has 2 saturated carbocycles. The van der Waals surface area contributed by atoms with E-state index in [1.807, 2.05) is 6.07 Å². The molecule has 0 spiro atoms. The summed E-state index contributed by atoms with van der Waals surface area (Å²) >= 11 is 0. The van der Waals surface area contributed by atoms with E-state index in [1.165, 1.54) is 37.8 Å². The molecule has 2 nitrogen and oxygen atoms in total. The lowest BCUT2D eigenvalue weighted by Crippen LogP contribution is -2.29. The lowest BCUT2D eigenvalue weighted by molar-refractivity contribution is 0.101. The van der Waals surface area contributed by atoms with Crippen LogP contribution in [0, 0.1) is 23.6 Å². The van der Waals surface area contributed by atoms with Gasteiger partial charge in [0.2, 0.25) is 0 Å². The van der Waals surface area contributed by atoms with Crippen LogP contribution in [0.1, 0.15) is 43.6 Å². The number of rotatable bonds is 5. The highest BCUT2D eigenvalue weighted by atomic mass is 19.1. The van der Waals surface area contributed by atoms with Gasteiger partial charge in [0, 0.05) is 12.5 Å². The summed E-state index contributed by atoms with van der Waals surface area (Å²) in [6.45, 7) is 0.367. The van der Waals surface area contributed by atoms with Gasteiger partial charge in [-0.2, -0.15) is 0 Å². The zero-order valence-corrected chi connectivity index (χ0v) is 11.8. The molecule has 0 heterocycles. The molecule has 2 bridgehead atoms. The second kappa shape index (κ2) is 5.82. The molecule has 2 aliphatic carbocycles. The minimum absolute atomic E-state index is 0.148. The Hall–Kier alpha value is -0.930. The Morgan fingerprint density at radius 3 is 2.75 bits per heavy atom. The van der Waals surface area contributed by atoms with Crippen LogP contribution < -0.4 is 5.73 Å². The highest BCUT2D eigenvalue weighted by Crippen LogP contribution is 2.50. The summed E-state index contributed by atoms with van der Waals surface area (Å²) in [5.74, 6) is 1.94. The molecule has 0 saturated heterocycles. The molecule has 0 amide bonds. The van der Waals surface area contributed by atoms with Crippen molar-refractivity contribution in [2.24, 2.45) is 23.5 Å². The van der Waals surface area contributed by atoms with Gasteiger partial charge in [0.15, 0.2) is 0 Å². The summed E-state index contributed by atoms with van der Waals surface area (Å²) in [6.07, 6.45) is 5.69. The summed E-state index contributed by atoms with van der Waals surface area (Å²) in [6, 6.07) is 6.49. The highest BCUT2D eigenvalue weighted by molar-refractivity contribution is 5.22. The molecule has 0 aromatic heterocycles. The Bertz CT molecular complexity index is 464. The maximum atomic E-state index is 13.3. The second-order valence-electron chi connectivity index (χ2n) is 6.64. The second-order valence-corrected chi connectivity index (χ2v) is 6.64. The summed E-state index contributed by atoms with van der Waals surface area (Å²) in [7, 11) is 0. The molecule has 0 radical (unpaired) electrons. The van der Waals surface area contributed by atoms with Gasteiger partial charge < -0.3 is 10.8 Å². The first kappa shape index (κ1) is 14.0. The molecule has 2 aliphatic rings. The summed E-state index contributed by atoms with van der Waals surface area (Å²) < 4.78 is 13.3. The third-order valence-corrected chi connectivity index (χ3v) is 5.42. The molecular weight excluding hydrogens is 253 g/mol. The third-order valence-electron chi connectivity index (χ3n) is 5.42. The number of hydrogen-bond donors (Lipinski definition) is 2. The van der Waals surface area contributed by atoms with Crippen LogP contribution in [-0.2, 0) is 0 Å². The molecule has 20 heavy (non-hydrogen) atoms. The van der Waals surface area contributed by atoms with Gasteiger partial charge in [-0.05, 0) is 61.1 Å². The summed E-state index contributed by atoms with van der Waals surface area (Å²) in [5.41, 5.74) is 6.65. The summed E-state index contributed by atoms with van der Waals surface area (Å²) in [5, 5.41) is 10.5. The Kier molecular flexibility index (Phi) is 4.08. The van der Waals surface area contributed by atoms with E-state index in [-0.39, 0.29) is 11.7 Å². The minimum atomic E-state index is -0.453. The Morgan fingerprint density at radius 1 is 1.30 bits per heavy atom. The van der Waals surface area contributed by atoms with Crippen LogP contribution in [0.5, 0.6) is 0 Å². The van der Waals surface area contributed by atoms with Gasteiger partial charge in [-0.25, -0.2) is 4.39 Å². The van der Waals surface area contributed by atoms with Gasteiger partial charge in [-0.15, -0.1) is 0 Å². The predicted octanol–water partition coefficient (Wildman–Crippen LogP) is 3.06. The Morgan fingerprint density at radius 2 is 2.15 bits per heavy atom. The van der Waals surface area contributed by atoms with Crippen LogP contribution in [0.3, 0.4) is 0 Å². The molecule has 5 unspecified atom stereocenters. The quantitative estimate of drug-likeness (QED) is 0.869. The van der Waals surface area contributed by atoms with Crippen molar-refractivity contribution in [2.45, 2.75) is 44.1 Å². The normalized spacial score (nSPS) is 31.4. The van der Waals surface area contributed by atoms with E-state index >= 15 is 0 Å². The molecule has 1 aromatic carbocycles. The average molecular weight is 277 g/mol. The fourth-order valence-corrected chi connectivity index (χ4v) is 4.39. The third kappa shape index (κ3) is 2.75. The number of nitrogens with two attached hydrogens (primary N) is 1. The van der Waals surface area contributed by atoms with Crippen molar-refractivity contribution in [3.63, 3.8) is 0 Å². The standard InChI is InChI=1S/C17H24FNO/c18-15-3-1-2-13(8-15)16(10-19)17(20)9-14-7-11-4-5-12(14)6-11/h1-3,8,11-12,14,16-17,20H,4-7,9-10,19H2. The van der Waals surface area contributed by atoms with Gasteiger partial charge in [-0.3, -0.25) is 0 Å². The Labute approximate surface area is 120 Å². The smallest absolute Gasteiger partial charge is 0.123 e. The van der Waals surface area contributed by atoms with E-state index in [4.69, 9.17) is 5.73 Å². The van der Waals surface area contributed by atoms with Crippen molar-refractivity contribution >= 4 is 0 Å². The lowest BCUT2D eigenvalue weighted by atomic mass is 9.80. The van der Waals surface area contributed by atoms with Crippen molar-refractivity contribution in [1.82, 2.24) is 0 Å². The zero-order chi connectivity index (χ0) is 14.1. The van der Waals surface area contributed by atoms with E-state index in [9.17, 15) is 9.50 Å². The van der Waals surface area contributed by atoms with Gasteiger partial charge in [-0.1, -0.05) is 18.6 Å². The van der Waals surface area contributed by atoms with Gasteiger partial charge >= 0.3 is 0 Å². The molecule has 1 aromatic rings. The molecule has 3 heteroatoms. The number of aliphatic hydroxyl groups excluding tert-OH is 1. The van der Waals surface area contributed by atoms with Crippen molar-refractivity contribution in [2.75, 3.05) is 6.54 Å². The largest absolute Gasteiger partial charge is 0.392 e. The molecule has 0 aliphatic heterocycles. The number of aliphatic hydroxyl groups is 1. The topological polar surface area (TPSA) is 46.2 Å². The first-order valence-corrected chi connectivity index (χ1v) is 7.81. The molecule has 5 atom stereocenters. The first-order valence-electron chi connectivity index (χ1n) is 7.81. The monoisotopic (exact) mass is 277 g/mol. The fourth-order valence-electron chi connectivity index (χ4n) is 4.39. The van der Waals surface area contributed by atoms with Crippen molar-refractivity contribution < 1.29 is 9.50 Å². The van der Waals surface area contributed by atoms with Crippen LogP contribution >= 0.6 is 0 Å². The number of fused-ring (bicyclic) bond motifs is 2. The van der Waals surface area contributed by atoms with E-state index in [0.29, 0.717) is 12.5 Å². The molecular formula is C17H24FNO. The van der Waals surface area contributed by atoms with Crippen LogP contribution in [0.2, 0.25) is 0 Å². The molecule has 3 N–H and O–H groups in total. The zero-order valence-electron chi connectivity index (χ0n) is 11.8. The minimum Gasteiger partial charge on any atom is -0.392 e. The molecule has 2 fully saturated rings. The van der Waals surface area contributed by atoms with Crippen molar-refractivity contribution in [3.05, 3.63) is 35.6 Å². The Balaban J connectivity index is 1.66. The maximum absolute atomic E-state index is 13.3. The van der Waals surface area contributed by atoms with E-state index in [1.54, 1.807) is 6.07 Å². The van der Waals surface area contributed by atoms with E-state index < -0.39 is 6.10 Å². The van der Waals surface area contributed by atoms with Crippen LogP contribution in [0.4, 0.5) is 4.39 Å². The van der Waals surface area contributed by atoms with E-state index in [0.717, 1.165) is 23.8 Å². The summed E-state index contributed by atoms with van der Waals surface area (Å²) in [4.78, 5) is 0. The van der Waals surface area contributed by atoms with Gasteiger partial charge in [0.25, 0.3) is 0 Å². The van der Waals surface area contributed by atoms with E-state index in [2.05, 4.69) is 0 Å². The van der Waals surface area contributed by atoms with Crippen LogP contribution in [-0.4, -0.2) is 17.8 Å². The van der Waals surface area contributed by atoms with Crippen LogP contribution in [0.25, 0.3) is 0 Å².